The van der Waals surface area contributed by atoms with Crippen molar-refractivity contribution in [1.29, 1.82) is 0 Å². The number of aryl methyl sites for hydroxylation is 1. The molecule has 2 aromatic rings. The number of pyridine rings is 1. The number of carbonyl (C=O) groups is 2. The Morgan fingerprint density at radius 1 is 1.43 bits per heavy atom. The van der Waals surface area contributed by atoms with Crippen LogP contribution in [0, 0.1) is 12.8 Å². The van der Waals surface area contributed by atoms with Crippen LogP contribution in [0.4, 0.5) is 0 Å². The smallest absolute Gasteiger partial charge is 0.225 e. The van der Waals surface area contributed by atoms with Crippen molar-refractivity contribution < 1.29 is 14.0 Å². The van der Waals surface area contributed by atoms with Gasteiger partial charge in [-0.15, -0.1) is 0 Å². The first-order valence-electron chi connectivity index (χ1n) is 7.61. The molecule has 0 spiro atoms. The van der Waals surface area contributed by atoms with Crippen LogP contribution >= 0.6 is 0 Å². The molecule has 3 rings (SSSR count). The van der Waals surface area contributed by atoms with Gasteiger partial charge in [-0.05, 0) is 30.7 Å². The van der Waals surface area contributed by atoms with Gasteiger partial charge < -0.3 is 14.6 Å². The van der Waals surface area contributed by atoms with Gasteiger partial charge in [0, 0.05) is 31.4 Å². The zero-order chi connectivity index (χ0) is 16.2. The summed E-state index contributed by atoms with van der Waals surface area (Å²) in [5.41, 5.74) is 1.88. The maximum Gasteiger partial charge on any atom is 0.225 e. The van der Waals surface area contributed by atoms with Gasteiger partial charge in [0.15, 0.2) is 0 Å². The molecule has 0 aliphatic carbocycles. The number of carbonyl (C=O) groups excluding carboxylic acids is 2. The molecule has 0 unspecified atom stereocenters. The second-order valence-electron chi connectivity index (χ2n) is 5.78. The van der Waals surface area contributed by atoms with Gasteiger partial charge in [0.1, 0.15) is 5.76 Å². The van der Waals surface area contributed by atoms with E-state index in [4.69, 9.17) is 4.42 Å². The van der Waals surface area contributed by atoms with Gasteiger partial charge in [0.25, 0.3) is 0 Å². The minimum absolute atomic E-state index is 0.0152. The Kier molecular flexibility index (Phi) is 4.41. The quantitative estimate of drug-likeness (QED) is 0.910. The topological polar surface area (TPSA) is 75.4 Å². The summed E-state index contributed by atoms with van der Waals surface area (Å²) >= 11 is 0. The largest absolute Gasteiger partial charge is 0.467 e. The van der Waals surface area contributed by atoms with E-state index in [0.29, 0.717) is 19.6 Å². The third kappa shape index (κ3) is 3.77. The number of nitrogens with one attached hydrogen (secondary N) is 1. The molecule has 6 heteroatoms. The lowest BCUT2D eigenvalue weighted by atomic mass is 10.1. The number of amides is 2. The second-order valence-corrected chi connectivity index (χ2v) is 5.78. The fraction of sp³-hybridized carbons (Fsp3) is 0.353. The van der Waals surface area contributed by atoms with Crippen LogP contribution < -0.4 is 5.32 Å². The average Bonchev–Trinajstić information content (AvgIpc) is 3.17. The highest BCUT2D eigenvalue weighted by Gasteiger charge is 2.34. The third-order valence-corrected chi connectivity index (χ3v) is 3.95. The zero-order valence-electron chi connectivity index (χ0n) is 13.0. The van der Waals surface area contributed by atoms with Crippen molar-refractivity contribution in [2.45, 2.75) is 26.4 Å². The number of hydrogen-bond acceptors (Lipinski definition) is 4. The summed E-state index contributed by atoms with van der Waals surface area (Å²) < 4.78 is 5.25. The first-order chi connectivity index (χ1) is 11.1. The zero-order valence-corrected chi connectivity index (χ0v) is 13.0. The number of rotatable bonds is 5. The monoisotopic (exact) mass is 313 g/mol. The van der Waals surface area contributed by atoms with E-state index in [0.717, 1.165) is 17.0 Å². The Labute approximate surface area is 134 Å². The molecule has 1 atom stereocenters. The molecule has 1 fully saturated rings. The number of hydrogen-bond donors (Lipinski definition) is 1. The molecular formula is C17H19N3O3. The number of aromatic nitrogens is 1. The van der Waals surface area contributed by atoms with Crippen LogP contribution in [-0.4, -0.2) is 28.2 Å². The molecule has 23 heavy (non-hydrogen) atoms. The van der Waals surface area contributed by atoms with Crippen molar-refractivity contribution in [3.05, 3.63) is 53.7 Å². The lowest BCUT2D eigenvalue weighted by molar-refractivity contribution is -0.129. The Morgan fingerprint density at radius 2 is 2.30 bits per heavy atom. The van der Waals surface area contributed by atoms with Gasteiger partial charge in [-0.3, -0.25) is 14.6 Å². The first-order valence-corrected chi connectivity index (χ1v) is 7.61. The molecule has 0 aromatic carbocycles. The number of furan rings is 1. The molecule has 2 amide bonds. The van der Waals surface area contributed by atoms with Crippen molar-refractivity contribution in [2.24, 2.45) is 5.92 Å². The molecule has 1 saturated heterocycles. The highest BCUT2D eigenvalue weighted by Crippen LogP contribution is 2.20. The summed E-state index contributed by atoms with van der Waals surface area (Å²) in [7, 11) is 0. The molecule has 1 N–H and O–H groups in total. The summed E-state index contributed by atoms with van der Waals surface area (Å²) in [5.74, 6) is 0.306. The Hall–Kier alpha value is -2.63. The highest BCUT2D eigenvalue weighted by atomic mass is 16.3. The van der Waals surface area contributed by atoms with Gasteiger partial charge in [0.05, 0.1) is 18.7 Å². The minimum atomic E-state index is -0.309. The molecule has 0 radical (unpaired) electrons. The lowest BCUT2D eigenvalue weighted by Crippen LogP contribution is -2.32. The molecule has 0 saturated carbocycles. The predicted molar refractivity (Wildman–Crippen MR) is 83.1 cm³/mol. The third-order valence-electron chi connectivity index (χ3n) is 3.95. The van der Waals surface area contributed by atoms with Gasteiger partial charge in [0.2, 0.25) is 11.8 Å². The van der Waals surface area contributed by atoms with E-state index in [1.807, 2.05) is 25.1 Å². The van der Waals surface area contributed by atoms with Gasteiger partial charge in [-0.1, -0.05) is 6.07 Å². The van der Waals surface area contributed by atoms with Crippen molar-refractivity contribution >= 4 is 11.8 Å². The van der Waals surface area contributed by atoms with Crippen LogP contribution in [0.25, 0.3) is 0 Å². The van der Waals surface area contributed by atoms with E-state index in [-0.39, 0.29) is 24.2 Å². The Morgan fingerprint density at radius 3 is 3.00 bits per heavy atom. The van der Waals surface area contributed by atoms with E-state index < -0.39 is 0 Å². The van der Waals surface area contributed by atoms with Crippen LogP contribution in [0.15, 0.2) is 41.1 Å². The van der Waals surface area contributed by atoms with Gasteiger partial charge in [-0.25, -0.2) is 0 Å². The maximum absolute atomic E-state index is 12.2. The van der Waals surface area contributed by atoms with Crippen molar-refractivity contribution in [3.8, 4) is 0 Å². The molecule has 2 aromatic heterocycles. The summed E-state index contributed by atoms with van der Waals surface area (Å²) in [6.07, 6.45) is 3.58. The molecule has 0 bridgehead atoms. The van der Waals surface area contributed by atoms with E-state index in [9.17, 15) is 9.59 Å². The SMILES string of the molecule is Cc1ccc(CNC(=O)[C@@H]2CC(=O)N(Cc3ccco3)C2)cn1. The fourth-order valence-corrected chi connectivity index (χ4v) is 2.63. The van der Waals surface area contributed by atoms with E-state index >= 15 is 0 Å². The number of nitrogens with zero attached hydrogens (tertiary/aromatic N) is 2. The van der Waals surface area contributed by atoms with Crippen LogP contribution in [0.3, 0.4) is 0 Å². The standard InChI is InChI=1S/C17H19N3O3/c1-12-4-5-13(8-18-12)9-19-17(22)14-7-16(21)20(10-14)11-15-3-2-6-23-15/h2-6,8,14H,7,9-11H2,1H3,(H,19,22)/t14-/m1/s1. The number of likely N-dealkylation sites (tertiary alicyclic amines) is 1. The summed E-state index contributed by atoms with van der Waals surface area (Å²) in [4.78, 5) is 30.1. The Bertz CT molecular complexity index is 680. The molecular weight excluding hydrogens is 294 g/mol. The minimum Gasteiger partial charge on any atom is -0.467 e. The summed E-state index contributed by atoms with van der Waals surface area (Å²) in [5, 5.41) is 2.88. The summed E-state index contributed by atoms with van der Waals surface area (Å²) in [6.45, 7) is 3.18. The predicted octanol–water partition coefficient (Wildman–Crippen LogP) is 1.65. The average molecular weight is 313 g/mol. The van der Waals surface area contributed by atoms with Crippen LogP contribution in [0.2, 0.25) is 0 Å². The van der Waals surface area contributed by atoms with Crippen molar-refractivity contribution in [3.63, 3.8) is 0 Å². The lowest BCUT2D eigenvalue weighted by Gasteiger charge is -2.15. The highest BCUT2D eigenvalue weighted by molar-refractivity contribution is 5.89. The Balaban J connectivity index is 1.52. The van der Waals surface area contributed by atoms with Gasteiger partial charge >= 0.3 is 0 Å². The van der Waals surface area contributed by atoms with Crippen LogP contribution in [0.5, 0.6) is 0 Å². The van der Waals surface area contributed by atoms with E-state index in [1.165, 1.54) is 0 Å². The molecule has 1 aliphatic rings. The maximum atomic E-state index is 12.2. The van der Waals surface area contributed by atoms with Crippen molar-refractivity contribution in [2.75, 3.05) is 6.54 Å². The van der Waals surface area contributed by atoms with Crippen LogP contribution in [0.1, 0.15) is 23.4 Å². The van der Waals surface area contributed by atoms with Crippen molar-refractivity contribution in [1.82, 2.24) is 15.2 Å². The molecule has 6 nitrogen and oxygen atoms in total. The molecule has 3 heterocycles. The van der Waals surface area contributed by atoms with Gasteiger partial charge in [-0.2, -0.15) is 0 Å². The summed E-state index contributed by atoms with van der Waals surface area (Å²) in [6, 6.07) is 7.46. The first kappa shape index (κ1) is 15.3. The second kappa shape index (κ2) is 6.64. The molecule has 120 valence electrons. The van der Waals surface area contributed by atoms with E-state index in [1.54, 1.807) is 23.4 Å². The molecule has 1 aliphatic heterocycles. The van der Waals surface area contributed by atoms with Crippen LogP contribution in [-0.2, 0) is 22.7 Å². The normalized spacial score (nSPS) is 17.5. The van der Waals surface area contributed by atoms with E-state index in [2.05, 4.69) is 10.3 Å². The fourth-order valence-electron chi connectivity index (χ4n) is 2.63.